The molecule has 0 aliphatic rings. The van der Waals surface area contributed by atoms with Crippen molar-refractivity contribution in [1.29, 1.82) is 5.26 Å². The van der Waals surface area contributed by atoms with E-state index in [0.29, 0.717) is 22.8 Å². The second-order valence-electron chi connectivity index (χ2n) is 6.77. The molecule has 0 fully saturated rings. The SMILES string of the molecule is COc1cc(/C=C(\C#N)c2ccc(C)cc2)cc(I)c1OCC(=O)Nc1ccccc1. The number of methoxy groups -OCH3 is 1. The predicted octanol–water partition coefficient (Wildman–Crippen LogP) is 5.69. The summed E-state index contributed by atoms with van der Waals surface area (Å²) in [5.41, 5.74) is 4.04. The number of ether oxygens (including phenoxy) is 2. The summed E-state index contributed by atoms with van der Waals surface area (Å²) in [5, 5.41) is 12.4. The van der Waals surface area contributed by atoms with Crippen molar-refractivity contribution < 1.29 is 14.3 Å². The van der Waals surface area contributed by atoms with Crippen LogP contribution in [-0.2, 0) is 4.79 Å². The average Bonchev–Trinajstić information content (AvgIpc) is 2.77. The maximum Gasteiger partial charge on any atom is 0.262 e. The van der Waals surface area contributed by atoms with E-state index >= 15 is 0 Å². The Morgan fingerprint density at radius 1 is 1.13 bits per heavy atom. The Balaban J connectivity index is 1.78. The number of hydrogen-bond donors (Lipinski definition) is 1. The van der Waals surface area contributed by atoms with Crippen molar-refractivity contribution >= 4 is 45.8 Å². The maximum atomic E-state index is 12.2. The quantitative estimate of drug-likeness (QED) is 0.245. The van der Waals surface area contributed by atoms with Crippen LogP contribution < -0.4 is 14.8 Å². The highest BCUT2D eigenvalue weighted by Gasteiger charge is 2.14. The first kappa shape index (κ1) is 22.4. The van der Waals surface area contributed by atoms with Crippen LogP contribution in [0.5, 0.6) is 11.5 Å². The number of allylic oxidation sites excluding steroid dienone is 1. The smallest absolute Gasteiger partial charge is 0.262 e. The van der Waals surface area contributed by atoms with Gasteiger partial charge in [-0.15, -0.1) is 0 Å². The van der Waals surface area contributed by atoms with Gasteiger partial charge in [0.25, 0.3) is 5.91 Å². The van der Waals surface area contributed by atoms with Gasteiger partial charge < -0.3 is 14.8 Å². The highest BCUT2D eigenvalue weighted by atomic mass is 127. The Kier molecular flexibility index (Phi) is 7.68. The minimum absolute atomic E-state index is 0.150. The van der Waals surface area contributed by atoms with Crippen LogP contribution >= 0.6 is 22.6 Å². The lowest BCUT2D eigenvalue weighted by molar-refractivity contribution is -0.118. The highest BCUT2D eigenvalue weighted by molar-refractivity contribution is 14.1. The Labute approximate surface area is 195 Å². The van der Waals surface area contributed by atoms with E-state index in [0.717, 1.165) is 20.3 Å². The van der Waals surface area contributed by atoms with E-state index in [2.05, 4.69) is 34.0 Å². The second-order valence-corrected chi connectivity index (χ2v) is 7.94. The van der Waals surface area contributed by atoms with E-state index < -0.39 is 0 Å². The van der Waals surface area contributed by atoms with Gasteiger partial charge in [0.2, 0.25) is 0 Å². The van der Waals surface area contributed by atoms with Gasteiger partial charge in [-0.25, -0.2) is 0 Å². The molecule has 0 saturated carbocycles. The molecule has 3 rings (SSSR count). The molecule has 0 aromatic heterocycles. The lowest BCUT2D eigenvalue weighted by Crippen LogP contribution is -2.20. The summed E-state index contributed by atoms with van der Waals surface area (Å²) in [6.45, 7) is 1.86. The molecular weight excluding hydrogens is 503 g/mol. The summed E-state index contributed by atoms with van der Waals surface area (Å²) in [7, 11) is 1.54. The van der Waals surface area contributed by atoms with E-state index in [9.17, 15) is 10.1 Å². The minimum Gasteiger partial charge on any atom is -0.493 e. The van der Waals surface area contributed by atoms with E-state index in [4.69, 9.17) is 9.47 Å². The van der Waals surface area contributed by atoms with Crippen LogP contribution in [0.3, 0.4) is 0 Å². The number of rotatable bonds is 7. The lowest BCUT2D eigenvalue weighted by atomic mass is 10.0. The molecule has 0 bridgehead atoms. The number of aryl methyl sites for hydroxylation is 1. The number of nitrogens with one attached hydrogen (secondary N) is 1. The fourth-order valence-corrected chi connectivity index (χ4v) is 3.68. The minimum atomic E-state index is -0.265. The molecule has 0 atom stereocenters. The third kappa shape index (κ3) is 6.09. The summed E-state index contributed by atoms with van der Waals surface area (Å²) in [4.78, 5) is 12.2. The number of para-hydroxylation sites is 1. The van der Waals surface area contributed by atoms with Crippen LogP contribution in [0.4, 0.5) is 5.69 Å². The molecule has 0 aliphatic carbocycles. The Hall–Kier alpha value is -3.31. The van der Waals surface area contributed by atoms with Crippen LogP contribution in [0.15, 0.2) is 66.7 Å². The number of benzene rings is 3. The lowest BCUT2D eigenvalue weighted by Gasteiger charge is -2.14. The Bertz CT molecular complexity index is 1130. The topological polar surface area (TPSA) is 71.3 Å². The fourth-order valence-electron chi connectivity index (χ4n) is 2.90. The van der Waals surface area contributed by atoms with Crippen molar-refractivity contribution in [3.63, 3.8) is 0 Å². The van der Waals surface area contributed by atoms with Crippen LogP contribution in [0.1, 0.15) is 16.7 Å². The number of carbonyl (C=O) groups is 1. The number of nitrogens with zero attached hydrogens (tertiary/aromatic N) is 1. The van der Waals surface area contributed by atoms with Crippen molar-refractivity contribution in [2.24, 2.45) is 0 Å². The molecule has 1 N–H and O–H groups in total. The summed E-state index contributed by atoms with van der Waals surface area (Å²) in [6.07, 6.45) is 1.81. The van der Waals surface area contributed by atoms with Crippen molar-refractivity contribution in [1.82, 2.24) is 0 Å². The molecular formula is C25H21IN2O3. The summed E-state index contributed by atoms with van der Waals surface area (Å²) < 4.78 is 12.0. The van der Waals surface area contributed by atoms with Crippen LogP contribution in [0.25, 0.3) is 11.6 Å². The largest absolute Gasteiger partial charge is 0.493 e. The zero-order valence-electron chi connectivity index (χ0n) is 17.2. The van der Waals surface area contributed by atoms with Gasteiger partial charge in [-0.1, -0.05) is 48.0 Å². The molecule has 6 heteroatoms. The van der Waals surface area contributed by atoms with Gasteiger partial charge in [0.15, 0.2) is 18.1 Å². The first-order valence-corrected chi connectivity index (χ1v) is 10.6. The van der Waals surface area contributed by atoms with Crippen molar-refractivity contribution in [3.8, 4) is 17.6 Å². The predicted molar refractivity (Wildman–Crippen MR) is 131 cm³/mol. The van der Waals surface area contributed by atoms with Gasteiger partial charge in [-0.05, 0) is 71.0 Å². The molecule has 1 amide bonds. The standard InChI is InChI=1S/C25H21IN2O3/c1-17-8-10-19(11-9-17)20(15-27)12-18-13-22(26)25(23(14-18)30-2)31-16-24(29)28-21-6-4-3-5-7-21/h3-14H,16H2,1-2H3,(H,28,29)/b20-12+. The molecule has 0 heterocycles. The maximum absolute atomic E-state index is 12.2. The van der Waals surface area contributed by atoms with Crippen LogP contribution in [-0.4, -0.2) is 19.6 Å². The first-order valence-electron chi connectivity index (χ1n) is 9.54. The van der Waals surface area contributed by atoms with Gasteiger partial charge in [-0.2, -0.15) is 5.26 Å². The van der Waals surface area contributed by atoms with Gasteiger partial charge in [0, 0.05) is 5.69 Å². The van der Waals surface area contributed by atoms with Gasteiger partial charge in [0.1, 0.15) is 0 Å². The molecule has 0 radical (unpaired) electrons. The van der Waals surface area contributed by atoms with E-state index in [1.807, 2.05) is 67.6 Å². The number of anilines is 1. The number of hydrogen-bond acceptors (Lipinski definition) is 4. The summed E-state index contributed by atoms with van der Waals surface area (Å²) in [5.74, 6) is 0.711. The van der Waals surface area contributed by atoms with Gasteiger partial charge >= 0.3 is 0 Å². The molecule has 3 aromatic rings. The van der Waals surface area contributed by atoms with Crippen LogP contribution in [0, 0.1) is 21.8 Å². The molecule has 3 aromatic carbocycles. The van der Waals surface area contributed by atoms with Gasteiger partial charge in [-0.3, -0.25) is 4.79 Å². The molecule has 156 valence electrons. The highest BCUT2D eigenvalue weighted by Crippen LogP contribution is 2.35. The molecule has 0 saturated heterocycles. The number of carbonyl (C=O) groups excluding carboxylic acids is 1. The van der Waals surface area contributed by atoms with E-state index in [-0.39, 0.29) is 12.5 Å². The third-order valence-corrected chi connectivity index (χ3v) is 5.25. The molecule has 31 heavy (non-hydrogen) atoms. The normalized spacial score (nSPS) is 10.8. The summed E-state index contributed by atoms with van der Waals surface area (Å²) in [6, 6.07) is 22.9. The zero-order valence-corrected chi connectivity index (χ0v) is 19.3. The Morgan fingerprint density at radius 2 is 1.84 bits per heavy atom. The molecule has 0 aliphatic heterocycles. The molecule has 5 nitrogen and oxygen atoms in total. The van der Waals surface area contributed by atoms with Gasteiger partial charge in [0.05, 0.1) is 22.3 Å². The number of halogens is 1. The second kappa shape index (κ2) is 10.6. The first-order chi connectivity index (χ1) is 15.0. The molecule has 0 spiro atoms. The zero-order chi connectivity index (χ0) is 22.2. The summed E-state index contributed by atoms with van der Waals surface area (Å²) >= 11 is 2.13. The monoisotopic (exact) mass is 524 g/mol. The molecule has 0 unspecified atom stereocenters. The third-order valence-electron chi connectivity index (χ3n) is 4.45. The number of amides is 1. The Morgan fingerprint density at radius 3 is 2.48 bits per heavy atom. The number of nitriles is 1. The van der Waals surface area contributed by atoms with E-state index in [1.165, 1.54) is 0 Å². The van der Waals surface area contributed by atoms with Crippen molar-refractivity contribution in [3.05, 3.63) is 87.0 Å². The van der Waals surface area contributed by atoms with E-state index in [1.54, 1.807) is 19.3 Å². The van der Waals surface area contributed by atoms with Crippen molar-refractivity contribution in [2.45, 2.75) is 6.92 Å². The van der Waals surface area contributed by atoms with Crippen molar-refractivity contribution in [2.75, 3.05) is 19.0 Å². The fraction of sp³-hybridized carbons (Fsp3) is 0.120. The van der Waals surface area contributed by atoms with Crippen LogP contribution in [0.2, 0.25) is 0 Å². The average molecular weight is 524 g/mol.